The van der Waals surface area contributed by atoms with E-state index in [9.17, 15) is 28.8 Å². The molecular weight excluding hydrogens is 831 g/mol. The minimum atomic E-state index is -1.23. The molecule has 65 heavy (non-hydrogen) atoms. The fraction of sp³-hybridized carbons (Fsp3) is 0.562. The van der Waals surface area contributed by atoms with Gasteiger partial charge in [-0.3, -0.25) is 38.9 Å². The third-order valence-corrected chi connectivity index (χ3v) is 13.4. The van der Waals surface area contributed by atoms with E-state index in [2.05, 4.69) is 48.7 Å². The van der Waals surface area contributed by atoms with Crippen molar-refractivity contribution in [3.8, 4) is 11.3 Å². The number of anilines is 1. The van der Waals surface area contributed by atoms with Gasteiger partial charge >= 0.3 is 12.0 Å². The minimum Gasteiger partial charge on any atom is -0.464 e. The number of cyclic esters (lactones) is 1. The van der Waals surface area contributed by atoms with E-state index in [1.54, 1.807) is 35.1 Å². The number of amides is 6. The lowest BCUT2D eigenvalue weighted by Crippen LogP contribution is -2.63. The zero-order valence-electron chi connectivity index (χ0n) is 39.1. The number of pyridine rings is 1. The molecule has 6 amide bonds. The number of esters is 1. The number of carbonyl (C=O) groups is 6. The topological polar surface area (TPSA) is 179 Å². The van der Waals surface area contributed by atoms with Crippen molar-refractivity contribution in [1.29, 1.82) is 0 Å². The minimum absolute atomic E-state index is 0.0921. The predicted octanol–water partition coefficient (Wildman–Crippen LogP) is 4.30. The molecule has 6 heterocycles. The van der Waals surface area contributed by atoms with E-state index in [4.69, 9.17) is 14.5 Å². The summed E-state index contributed by atoms with van der Waals surface area (Å²) in [5.74, 6) is -2.97. The van der Waals surface area contributed by atoms with E-state index in [1.807, 2.05) is 45.0 Å². The van der Waals surface area contributed by atoms with Gasteiger partial charge in [0.2, 0.25) is 17.7 Å². The van der Waals surface area contributed by atoms with Crippen molar-refractivity contribution in [3.05, 3.63) is 60.4 Å². The molecule has 5 atom stereocenters. The number of likely N-dealkylation sites (N-methyl/N-ethyl adjacent to an activating group) is 1. The summed E-state index contributed by atoms with van der Waals surface area (Å²) in [7, 11) is 3.23. The van der Waals surface area contributed by atoms with Crippen LogP contribution >= 0.6 is 0 Å². The van der Waals surface area contributed by atoms with Crippen LogP contribution < -0.4 is 15.6 Å². The molecule has 17 nitrogen and oxygen atoms in total. The molecule has 4 aliphatic rings. The number of fused-ring (bicyclic) bond motifs is 6. The molecule has 0 radical (unpaired) electrons. The van der Waals surface area contributed by atoms with Crippen molar-refractivity contribution in [2.45, 2.75) is 98.0 Å². The number of carbonyl (C=O) groups excluding carboxylic acids is 6. The van der Waals surface area contributed by atoms with E-state index in [1.165, 1.54) is 16.0 Å². The van der Waals surface area contributed by atoms with E-state index in [0.29, 0.717) is 51.0 Å². The monoisotopic (exact) mass is 895 g/mol. The Morgan fingerprint density at radius 1 is 1.08 bits per heavy atom. The average Bonchev–Trinajstić information content (AvgIpc) is 4.02. The summed E-state index contributed by atoms with van der Waals surface area (Å²) >= 11 is 0. The normalized spacial score (nSPS) is 22.5. The molecule has 0 unspecified atom stereocenters. The van der Waals surface area contributed by atoms with Crippen LogP contribution in [0.4, 0.5) is 10.5 Å². The first kappa shape index (κ1) is 47.2. The number of aromatic nitrogens is 2. The van der Waals surface area contributed by atoms with E-state index < -0.39 is 47.2 Å². The number of ether oxygens (including phenoxy) is 2. The second-order valence-electron chi connectivity index (χ2n) is 18.9. The summed E-state index contributed by atoms with van der Waals surface area (Å²) in [4.78, 5) is 94.7. The molecule has 3 fully saturated rings. The summed E-state index contributed by atoms with van der Waals surface area (Å²) in [5.41, 5.74) is 7.93. The van der Waals surface area contributed by atoms with Gasteiger partial charge in [0.25, 0.3) is 5.91 Å². The van der Waals surface area contributed by atoms with Crippen molar-refractivity contribution < 1.29 is 38.2 Å². The molecule has 6 bridgehead atoms. The Bertz CT molecular complexity index is 2340. The Labute approximate surface area is 381 Å². The van der Waals surface area contributed by atoms with E-state index >= 15 is 0 Å². The van der Waals surface area contributed by atoms with Gasteiger partial charge in [0.1, 0.15) is 18.1 Å². The zero-order valence-corrected chi connectivity index (χ0v) is 39.1. The Balaban J connectivity index is 1.25. The molecule has 2 N–H and O–H groups in total. The number of aryl methyl sites for hydroxylation is 1. The SMILES string of the molecule is C=CC(=O)N1CC[C@H](C(=O)N(C)[C@H](C(=O)N[C@H]2CN3CCN(C3=O)c3ccc4c(c3)c(c(-c3cccnc3[C@H](C)OC)n4CC)CC(C)(C)COC(=O)[C@@H]3CCCN(N3)C2=O)C(C)C)C1. The first-order chi connectivity index (χ1) is 31.0. The van der Waals surface area contributed by atoms with Crippen molar-refractivity contribution in [2.75, 3.05) is 64.9 Å². The maximum atomic E-state index is 14.6. The maximum absolute atomic E-state index is 14.6. The number of methoxy groups -OCH3 is 1. The van der Waals surface area contributed by atoms with Crippen molar-refractivity contribution in [3.63, 3.8) is 0 Å². The van der Waals surface area contributed by atoms with Gasteiger partial charge in [0.05, 0.1) is 36.6 Å². The summed E-state index contributed by atoms with van der Waals surface area (Å²) in [6, 6.07) is 6.64. The first-order valence-electron chi connectivity index (χ1n) is 22.9. The van der Waals surface area contributed by atoms with Crippen molar-refractivity contribution in [1.82, 2.24) is 40.0 Å². The van der Waals surface area contributed by atoms with Crippen LogP contribution in [0.1, 0.15) is 78.2 Å². The van der Waals surface area contributed by atoms with Gasteiger partial charge < -0.3 is 34.1 Å². The van der Waals surface area contributed by atoms with Crippen LogP contribution in [0.3, 0.4) is 0 Å². The number of nitrogens with one attached hydrogen (secondary N) is 2. The summed E-state index contributed by atoms with van der Waals surface area (Å²) in [5, 5.41) is 5.24. The van der Waals surface area contributed by atoms with Gasteiger partial charge in [0, 0.05) is 87.2 Å². The van der Waals surface area contributed by atoms with Gasteiger partial charge in [-0.25, -0.2) is 10.2 Å². The van der Waals surface area contributed by atoms with Gasteiger partial charge in [-0.15, -0.1) is 0 Å². The largest absolute Gasteiger partial charge is 0.464 e. The fourth-order valence-electron chi connectivity index (χ4n) is 9.95. The molecule has 0 spiro atoms. The molecular formula is C48H65N9O8. The lowest BCUT2D eigenvalue weighted by Gasteiger charge is -2.37. The molecule has 4 aliphatic heterocycles. The van der Waals surface area contributed by atoms with Crippen molar-refractivity contribution in [2.24, 2.45) is 17.3 Å². The third-order valence-electron chi connectivity index (χ3n) is 13.4. The highest BCUT2D eigenvalue weighted by Crippen LogP contribution is 2.42. The molecule has 350 valence electrons. The Hall–Kier alpha value is -5.81. The molecule has 7 rings (SSSR count). The number of urea groups is 1. The number of hydrogen-bond donors (Lipinski definition) is 2. The molecule has 0 saturated carbocycles. The molecule has 3 aromatic rings. The third kappa shape index (κ3) is 9.48. The van der Waals surface area contributed by atoms with Crippen LogP contribution in [0.2, 0.25) is 0 Å². The van der Waals surface area contributed by atoms with Crippen LogP contribution in [-0.2, 0) is 46.4 Å². The van der Waals surface area contributed by atoms with Gasteiger partial charge in [0.15, 0.2) is 0 Å². The van der Waals surface area contributed by atoms with Crippen LogP contribution in [0.15, 0.2) is 49.2 Å². The molecule has 17 heteroatoms. The summed E-state index contributed by atoms with van der Waals surface area (Å²) < 4.78 is 14.1. The number of hydrazine groups is 1. The lowest BCUT2D eigenvalue weighted by atomic mass is 9.84. The number of nitrogens with zero attached hydrogens (tertiary/aromatic N) is 7. The average molecular weight is 896 g/mol. The quantitative estimate of drug-likeness (QED) is 0.220. The van der Waals surface area contributed by atoms with Gasteiger partial charge in [-0.1, -0.05) is 34.3 Å². The Morgan fingerprint density at radius 2 is 1.85 bits per heavy atom. The van der Waals surface area contributed by atoms with Crippen LogP contribution in [0.25, 0.3) is 22.2 Å². The van der Waals surface area contributed by atoms with Crippen molar-refractivity contribution >= 4 is 52.2 Å². The molecule has 3 saturated heterocycles. The summed E-state index contributed by atoms with van der Waals surface area (Å²) in [6.45, 7) is 17.5. The van der Waals surface area contributed by atoms with Crippen LogP contribution in [-0.4, -0.2) is 143 Å². The number of rotatable bonds is 10. The zero-order chi connectivity index (χ0) is 46.9. The highest BCUT2D eigenvalue weighted by molar-refractivity contribution is 6.00. The van der Waals surface area contributed by atoms with Crippen LogP contribution in [0, 0.1) is 17.3 Å². The highest BCUT2D eigenvalue weighted by atomic mass is 16.5. The standard InChI is InChI=1S/C48H65N9O8/c1-10-39(58)53-21-18-31(26-53)44(60)52(8)41(29(3)4)43(59)50-37-27-54-22-23-56(47(54)63)32-16-17-38-34(24-32)35(42(55(38)11-2)33-14-12-19-49-40(33)30(5)64-9)25-48(6,7)28-65-46(62)36-15-13-20-57(51-36)45(37)61/h10,12,14,16-17,19,24,29-31,36-37,41,51H,1,11,13,15,18,20-23,25-28H2,2-9H3,(H,50,59)/t30-,31-,36-,37-,41-/m0/s1. The lowest BCUT2D eigenvalue weighted by molar-refractivity contribution is -0.155. The van der Waals surface area contributed by atoms with Gasteiger partial charge in [-0.2, -0.15) is 0 Å². The number of likely N-dealkylation sites (tertiary alicyclic amines) is 1. The fourth-order valence-corrected chi connectivity index (χ4v) is 9.95. The predicted molar refractivity (Wildman–Crippen MR) is 245 cm³/mol. The highest BCUT2D eigenvalue weighted by Gasteiger charge is 2.42. The molecule has 1 aromatic carbocycles. The smallest absolute Gasteiger partial charge is 0.324 e. The van der Waals surface area contributed by atoms with E-state index in [-0.39, 0.29) is 62.7 Å². The Morgan fingerprint density at radius 3 is 2.55 bits per heavy atom. The first-order valence-corrected chi connectivity index (χ1v) is 22.9. The second-order valence-corrected chi connectivity index (χ2v) is 18.9. The molecule has 0 aliphatic carbocycles. The molecule has 2 aromatic heterocycles. The van der Waals surface area contributed by atoms with Crippen LogP contribution in [0.5, 0.6) is 0 Å². The maximum Gasteiger partial charge on any atom is 0.324 e. The van der Waals surface area contributed by atoms with Gasteiger partial charge in [-0.05, 0) is 87.4 Å². The second kappa shape index (κ2) is 19.3. The number of benzene rings is 1. The Kier molecular flexibility index (Phi) is 14.0. The number of hydrogen-bond acceptors (Lipinski definition) is 10. The summed E-state index contributed by atoms with van der Waals surface area (Å²) in [6.07, 6.45) is 4.59. The van der Waals surface area contributed by atoms with E-state index in [0.717, 1.165) is 33.4 Å².